The summed E-state index contributed by atoms with van der Waals surface area (Å²) in [6.45, 7) is 7.38. The summed E-state index contributed by atoms with van der Waals surface area (Å²) in [6, 6.07) is 14.3. The number of allylic oxidation sites excluding steroid dienone is 1. The summed E-state index contributed by atoms with van der Waals surface area (Å²) in [6.07, 6.45) is 16.5. The molecule has 2 rings (SSSR count). The minimum absolute atomic E-state index is 0.384. The third-order valence-electron chi connectivity index (χ3n) is 5.71. The van der Waals surface area contributed by atoms with E-state index in [1.165, 1.54) is 51.4 Å². The second-order valence-corrected chi connectivity index (χ2v) is 8.70. The van der Waals surface area contributed by atoms with E-state index in [2.05, 4.69) is 13.5 Å². The fourth-order valence-electron chi connectivity index (χ4n) is 3.64. The summed E-state index contributed by atoms with van der Waals surface area (Å²) in [5.74, 6) is 1.69. The van der Waals surface area contributed by atoms with Gasteiger partial charge >= 0.3 is 5.97 Å². The molecular formula is C30H42O4. The molecule has 2 aromatic rings. The van der Waals surface area contributed by atoms with Crippen LogP contribution in [-0.2, 0) is 0 Å². The summed E-state index contributed by atoms with van der Waals surface area (Å²) >= 11 is 0. The third kappa shape index (κ3) is 11.9. The van der Waals surface area contributed by atoms with Crippen molar-refractivity contribution in [2.24, 2.45) is 0 Å². The predicted octanol–water partition coefficient (Wildman–Crippen LogP) is 8.55. The van der Waals surface area contributed by atoms with E-state index >= 15 is 0 Å². The second kappa shape index (κ2) is 17.7. The Bertz CT molecular complexity index is 796. The van der Waals surface area contributed by atoms with E-state index in [0.717, 1.165) is 43.8 Å². The highest BCUT2D eigenvalue weighted by atomic mass is 16.5. The van der Waals surface area contributed by atoms with Gasteiger partial charge in [-0.1, -0.05) is 64.4 Å². The number of esters is 1. The van der Waals surface area contributed by atoms with Crippen LogP contribution in [0.1, 0.15) is 94.3 Å². The maximum atomic E-state index is 12.4. The molecule has 0 bridgehead atoms. The van der Waals surface area contributed by atoms with E-state index < -0.39 is 0 Å². The van der Waals surface area contributed by atoms with Gasteiger partial charge in [0.1, 0.15) is 17.2 Å². The molecule has 0 aliphatic heterocycles. The molecule has 2 aromatic carbocycles. The number of ether oxygens (including phenoxy) is 3. The van der Waals surface area contributed by atoms with Gasteiger partial charge in [0.25, 0.3) is 0 Å². The van der Waals surface area contributed by atoms with E-state index in [4.69, 9.17) is 14.2 Å². The molecule has 0 saturated heterocycles. The Balaban J connectivity index is 1.63. The van der Waals surface area contributed by atoms with Gasteiger partial charge in [-0.15, -0.1) is 6.58 Å². The minimum atomic E-state index is -0.384. The number of carbonyl (C=O) groups is 1. The van der Waals surface area contributed by atoms with Crippen LogP contribution in [0.5, 0.6) is 17.2 Å². The predicted molar refractivity (Wildman–Crippen MR) is 140 cm³/mol. The summed E-state index contributed by atoms with van der Waals surface area (Å²) in [5.41, 5.74) is 0.496. The Labute approximate surface area is 206 Å². The first-order valence-electron chi connectivity index (χ1n) is 13.0. The molecule has 0 fully saturated rings. The van der Waals surface area contributed by atoms with Crippen LogP contribution in [0.3, 0.4) is 0 Å². The first-order chi connectivity index (χ1) is 16.7. The van der Waals surface area contributed by atoms with Gasteiger partial charge in [0.05, 0.1) is 18.8 Å². The van der Waals surface area contributed by atoms with Gasteiger partial charge in [0, 0.05) is 0 Å². The monoisotopic (exact) mass is 466 g/mol. The van der Waals surface area contributed by atoms with Crippen molar-refractivity contribution in [1.29, 1.82) is 0 Å². The molecule has 0 aromatic heterocycles. The first kappa shape index (κ1) is 27.5. The fraction of sp³-hybridized carbons (Fsp3) is 0.500. The minimum Gasteiger partial charge on any atom is -0.494 e. The van der Waals surface area contributed by atoms with Crippen molar-refractivity contribution >= 4 is 5.97 Å². The standard InChI is InChI=1S/C30H42O4/c1-3-5-7-9-11-13-15-25-33-28-20-22-29(23-21-28)34-30(31)26-16-18-27(19-17-26)32-24-14-12-10-8-6-4-2/h4,16-23H,2-3,5-15,24-25H2,1H3. The van der Waals surface area contributed by atoms with Crippen LogP contribution >= 0.6 is 0 Å². The molecule has 0 amide bonds. The Morgan fingerprint density at radius 1 is 0.676 bits per heavy atom. The molecule has 0 unspecified atom stereocenters. The smallest absolute Gasteiger partial charge is 0.343 e. The molecular weight excluding hydrogens is 424 g/mol. The molecule has 4 heteroatoms. The molecule has 186 valence electrons. The maximum absolute atomic E-state index is 12.4. The molecule has 34 heavy (non-hydrogen) atoms. The molecule has 0 atom stereocenters. The van der Waals surface area contributed by atoms with Crippen molar-refractivity contribution in [3.05, 3.63) is 66.7 Å². The molecule has 4 nitrogen and oxygen atoms in total. The summed E-state index contributed by atoms with van der Waals surface area (Å²) in [5, 5.41) is 0. The zero-order valence-electron chi connectivity index (χ0n) is 20.9. The second-order valence-electron chi connectivity index (χ2n) is 8.70. The van der Waals surface area contributed by atoms with Gasteiger partial charge in [-0.25, -0.2) is 4.79 Å². The molecule has 0 aliphatic rings. The summed E-state index contributed by atoms with van der Waals surface area (Å²) < 4.78 is 17.0. The topological polar surface area (TPSA) is 44.8 Å². The number of hydrogen-bond donors (Lipinski definition) is 0. The van der Waals surface area contributed by atoms with E-state index in [0.29, 0.717) is 17.9 Å². The van der Waals surface area contributed by atoms with Crippen LogP contribution in [0.4, 0.5) is 0 Å². The van der Waals surface area contributed by atoms with Crippen molar-refractivity contribution in [2.75, 3.05) is 13.2 Å². The van der Waals surface area contributed by atoms with E-state index in [9.17, 15) is 4.79 Å². The van der Waals surface area contributed by atoms with Crippen LogP contribution in [0.2, 0.25) is 0 Å². The van der Waals surface area contributed by atoms with Crippen LogP contribution in [-0.4, -0.2) is 19.2 Å². The first-order valence-corrected chi connectivity index (χ1v) is 13.0. The van der Waals surface area contributed by atoms with Crippen LogP contribution in [0.15, 0.2) is 61.2 Å². The van der Waals surface area contributed by atoms with Gasteiger partial charge < -0.3 is 14.2 Å². The van der Waals surface area contributed by atoms with Crippen molar-refractivity contribution in [1.82, 2.24) is 0 Å². The molecule has 0 radical (unpaired) electrons. The number of hydrogen-bond acceptors (Lipinski definition) is 4. The zero-order valence-corrected chi connectivity index (χ0v) is 20.9. The molecule has 0 saturated carbocycles. The van der Waals surface area contributed by atoms with Crippen LogP contribution in [0.25, 0.3) is 0 Å². The van der Waals surface area contributed by atoms with Gasteiger partial charge in [-0.3, -0.25) is 0 Å². The quantitative estimate of drug-likeness (QED) is 0.0900. The van der Waals surface area contributed by atoms with Gasteiger partial charge in [-0.05, 0) is 74.2 Å². The Morgan fingerprint density at radius 3 is 1.71 bits per heavy atom. The lowest BCUT2D eigenvalue weighted by molar-refractivity contribution is 0.0734. The van der Waals surface area contributed by atoms with E-state index in [1.54, 1.807) is 24.3 Å². The average molecular weight is 467 g/mol. The Kier molecular flexibility index (Phi) is 14.3. The maximum Gasteiger partial charge on any atom is 0.343 e. The van der Waals surface area contributed by atoms with Crippen LogP contribution < -0.4 is 14.2 Å². The molecule has 0 aliphatic carbocycles. The van der Waals surface area contributed by atoms with E-state index in [1.807, 2.05) is 30.3 Å². The molecule has 0 heterocycles. The van der Waals surface area contributed by atoms with Gasteiger partial charge in [0.2, 0.25) is 0 Å². The lowest BCUT2D eigenvalue weighted by Crippen LogP contribution is -2.08. The van der Waals surface area contributed by atoms with E-state index in [-0.39, 0.29) is 5.97 Å². The van der Waals surface area contributed by atoms with Gasteiger partial charge in [-0.2, -0.15) is 0 Å². The number of rotatable bonds is 19. The van der Waals surface area contributed by atoms with Crippen molar-refractivity contribution in [3.8, 4) is 17.2 Å². The number of benzene rings is 2. The highest BCUT2D eigenvalue weighted by Crippen LogP contribution is 2.20. The molecule has 0 spiro atoms. The van der Waals surface area contributed by atoms with Crippen molar-refractivity contribution in [2.45, 2.75) is 84.0 Å². The number of carbonyl (C=O) groups excluding carboxylic acids is 1. The lowest BCUT2D eigenvalue weighted by atomic mass is 10.1. The lowest BCUT2D eigenvalue weighted by Gasteiger charge is -2.09. The molecule has 0 N–H and O–H groups in total. The largest absolute Gasteiger partial charge is 0.494 e. The SMILES string of the molecule is C=CCCCCCCOc1ccc(C(=O)Oc2ccc(OCCCCCCCCC)cc2)cc1. The Hall–Kier alpha value is -2.75. The average Bonchev–Trinajstić information content (AvgIpc) is 2.86. The fourth-order valence-corrected chi connectivity index (χ4v) is 3.64. The highest BCUT2D eigenvalue weighted by Gasteiger charge is 2.09. The van der Waals surface area contributed by atoms with Gasteiger partial charge in [0.15, 0.2) is 0 Å². The zero-order chi connectivity index (χ0) is 24.3. The summed E-state index contributed by atoms with van der Waals surface area (Å²) in [4.78, 5) is 12.4. The highest BCUT2D eigenvalue weighted by molar-refractivity contribution is 5.91. The Morgan fingerprint density at radius 2 is 1.15 bits per heavy atom. The van der Waals surface area contributed by atoms with Crippen molar-refractivity contribution in [3.63, 3.8) is 0 Å². The summed E-state index contributed by atoms with van der Waals surface area (Å²) in [7, 11) is 0. The number of unbranched alkanes of at least 4 members (excludes halogenated alkanes) is 10. The van der Waals surface area contributed by atoms with Crippen LogP contribution in [0, 0.1) is 0 Å². The normalized spacial score (nSPS) is 10.6. The van der Waals surface area contributed by atoms with Crippen molar-refractivity contribution < 1.29 is 19.0 Å². The third-order valence-corrected chi connectivity index (χ3v) is 5.71.